The normalized spacial score (nSPS) is 18.2. The number of rotatable bonds is 3. The van der Waals surface area contributed by atoms with E-state index in [0.717, 1.165) is 26.2 Å². The Bertz CT molecular complexity index is 402. The van der Waals surface area contributed by atoms with Gasteiger partial charge in [0.2, 0.25) is 5.95 Å². The molecule has 0 aromatic carbocycles. The Kier molecular flexibility index (Phi) is 3.81. The fourth-order valence-corrected chi connectivity index (χ4v) is 1.89. The van der Waals surface area contributed by atoms with E-state index in [9.17, 15) is 9.18 Å². The maximum Gasteiger partial charge on any atom is 0.223 e. The smallest absolute Gasteiger partial charge is 0.223 e. The van der Waals surface area contributed by atoms with Gasteiger partial charge in [-0.15, -0.1) is 0 Å². The Morgan fingerprint density at radius 3 is 2.76 bits per heavy atom. The molecule has 1 aromatic heterocycles. The van der Waals surface area contributed by atoms with Crippen LogP contribution in [-0.4, -0.2) is 60.3 Å². The second kappa shape index (κ2) is 5.33. The molecular weight excluding hydrogens is 221 g/mol. The fourth-order valence-electron chi connectivity index (χ4n) is 1.89. The summed E-state index contributed by atoms with van der Waals surface area (Å²) in [6.07, 6.45) is 1.35. The van der Waals surface area contributed by atoms with Gasteiger partial charge in [-0.25, -0.2) is 4.98 Å². The second-order valence-electron chi connectivity index (χ2n) is 4.34. The zero-order chi connectivity index (χ0) is 12.3. The third-order valence-electron chi connectivity index (χ3n) is 3.02. The minimum atomic E-state index is -0.674. The lowest BCUT2D eigenvalue weighted by molar-refractivity contribution is 0.0871. The zero-order valence-electron chi connectivity index (χ0n) is 9.90. The molecule has 92 valence electrons. The highest BCUT2D eigenvalue weighted by Gasteiger charge is 2.19. The first-order valence-electron chi connectivity index (χ1n) is 5.71. The van der Waals surface area contributed by atoms with Crippen LogP contribution in [0.1, 0.15) is 10.4 Å². The van der Waals surface area contributed by atoms with Crippen molar-refractivity contribution in [1.29, 1.82) is 0 Å². The lowest BCUT2D eigenvalue weighted by Gasteiger charge is -2.31. The first-order valence-corrected chi connectivity index (χ1v) is 5.71. The number of pyridine rings is 1. The Morgan fingerprint density at radius 2 is 2.12 bits per heavy atom. The number of hydrogen-bond acceptors (Lipinski definition) is 4. The Balaban J connectivity index is 1.96. The summed E-state index contributed by atoms with van der Waals surface area (Å²) in [7, 11) is 2.06. The lowest BCUT2D eigenvalue weighted by Crippen LogP contribution is -2.46. The van der Waals surface area contributed by atoms with Gasteiger partial charge in [-0.3, -0.25) is 9.69 Å². The molecule has 2 heterocycles. The average molecular weight is 237 g/mol. The van der Waals surface area contributed by atoms with Crippen molar-refractivity contribution in [2.75, 3.05) is 39.8 Å². The van der Waals surface area contributed by atoms with Gasteiger partial charge in [0.1, 0.15) is 0 Å². The van der Waals surface area contributed by atoms with Crippen LogP contribution in [0.3, 0.4) is 0 Å². The van der Waals surface area contributed by atoms with Crippen molar-refractivity contribution in [3.63, 3.8) is 0 Å². The molecular formula is C12H16FN3O. The summed E-state index contributed by atoms with van der Waals surface area (Å²) >= 11 is 0. The van der Waals surface area contributed by atoms with Gasteiger partial charge < -0.3 is 4.90 Å². The minimum absolute atomic E-state index is 0.0893. The minimum Gasteiger partial charge on any atom is -0.304 e. The van der Waals surface area contributed by atoms with E-state index in [-0.39, 0.29) is 17.9 Å². The summed E-state index contributed by atoms with van der Waals surface area (Å²) in [5, 5.41) is 0. The number of carbonyl (C=O) groups excluding carboxylic acids is 1. The number of Topliss-reactive ketones (excluding diaryl/α,β-unsaturated/α-hetero) is 1. The Labute approximate surface area is 100 Å². The van der Waals surface area contributed by atoms with E-state index in [4.69, 9.17) is 0 Å². The summed E-state index contributed by atoms with van der Waals surface area (Å²) in [5.74, 6) is -0.869. The molecule has 0 amide bonds. The summed E-state index contributed by atoms with van der Waals surface area (Å²) in [6, 6.07) is 3.07. The van der Waals surface area contributed by atoms with Crippen molar-refractivity contribution in [2.24, 2.45) is 0 Å². The van der Waals surface area contributed by atoms with Gasteiger partial charge in [0.05, 0.1) is 12.1 Å². The quantitative estimate of drug-likeness (QED) is 0.571. The van der Waals surface area contributed by atoms with Gasteiger partial charge in [-0.1, -0.05) is 0 Å². The molecule has 0 unspecified atom stereocenters. The largest absolute Gasteiger partial charge is 0.304 e. The topological polar surface area (TPSA) is 36.4 Å². The average Bonchev–Trinajstić information content (AvgIpc) is 2.32. The molecule has 17 heavy (non-hydrogen) atoms. The Hall–Kier alpha value is -1.33. The monoisotopic (exact) mass is 237 g/mol. The second-order valence-corrected chi connectivity index (χ2v) is 4.34. The van der Waals surface area contributed by atoms with Crippen LogP contribution in [0.5, 0.6) is 0 Å². The van der Waals surface area contributed by atoms with E-state index >= 15 is 0 Å². The van der Waals surface area contributed by atoms with Crippen LogP contribution in [0.25, 0.3) is 0 Å². The van der Waals surface area contributed by atoms with Crippen LogP contribution < -0.4 is 0 Å². The van der Waals surface area contributed by atoms with Crippen molar-refractivity contribution in [1.82, 2.24) is 14.8 Å². The molecule has 0 radical (unpaired) electrons. The summed E-state index contributed by atoms with van der Waals surface area (Å²) in [4.78, 5) is 19.6. The summed E-state index contributed by atoms with van der Waals surface area (Å²) in [5.41, 5.74) is 0.0893. The molecule has 1 aromatic rings. The molecule has 2 rings (SSSR count). The molecule has 0 bridgehead atoms. The van der Waals surface area contributed by atoms with E-state index in [1.165, 1.54) is 12.3 Å². The first kappa shape index (κ1) is 12.1. The van der Waals surface area contributed by atoms with E-state index < -0.39 is 5.95 Å². The zero-order valence-corrected chi connectivity index (χ0v) is 9.90. The number of ketones is 1. The number of hydrogen-bond donors (Lipinski definition) is 0. The number of likely N-dealkylation sites (N-methyl/N-ethyl adjacent to an activating group) is 1. The molecule has 5 heteroatoms. The molecule has 0 spiro atoms. The van der Waals surface area contributed by atoms with Crippen LogP contribution in [0.4, 0.5) is 4.39 Å². The standard InChI is InChI=1S/C12H16FN3O/c1-15-5-7-16(8-6-15)9-11(17)10-3-2-4-14-12(10)13/h2-4H,5-9H2,1H3. The van der Waals surface area contributed by atoms with Crippen LogP contribution in [0, 0.1) is 5.95 Å². The van der Waals surface area contributed by atoms with Crippen LogP contribution in [0.2, 0.25) is 0 Å². The predicted octanol–water partition coefficient (Wildman–Crippen LogP) is 0.651. The summed E-state index contributed by atoms with van der Waals surface area (Å²) < 4.78 is 13.3. The SMILES string of the molecule is CN1CCN(CC(=O)c2cccnc2F)CC1. The third-order valence-corrected chi connectivity index (χ3v) is 3.02. The Morgan fingerprint density at radius 1 is 1.41 bits per heavy atom. The number of carbonyl (C=O) groups is 1. The molecule has 0 saturated carbocycles. The maximum absolute atomic E-state index is 13.3. The van der Waals surface area contributed by atoms with E-state index in [1.54, 1.807) is 6.07 Å². The maximum atomic E-state index is 13.3. The number of nitrogens with zero attached hydrogens (tertiary/aromatic N) is 3. The van der Waals surface area contributed by atoms with E-state index in [2.05, 4.69) is 21.8 Å². The van der Waals surface area contributed by atoms with Crippen molar-refractivity contribution in [3.8, 4) is 0 Å². The molecule has 1 aliphatic rings. The third kappa shape index (κ3) is 3.08. The van der Waals surface area contributed by atoms with Gasteiger partial charge >= 0.3 is 0 Å². The van der Waals surface area contributed by atoms with Crippen molar-refractivity contribution >= 4 is 5.78 Å². The van der Waals surface area contributed by atoms with Gasteiger partial charge in [0.25, 0.3) is 0 Å². The van der Waals surface area contributed by atoms with Crippen molar-refractivity contribution < 1.29 is 9.18 Å². The molecule has 4 nitrogen and oxygen atoms in total. The molecule has 0 atom stereocenters. The van der Waals surface area contributed by atoms with Crippen LogP contribution >= 0.6 is 0 Å². The molecule has 0 aliphatic carbocycles. The predicted molar refractivity (Wildman–Crippen MR) is 62.5 cm³/mol. The van der Waals surface area contributed by atoms with Gasteiger partial charge in [0, 0.05) is 32.4 Å². The van der Waals surface area contributed by atoms with Gasteiger partial charge in [-0.2, -0.15) is 4.39 Å². The van der Waals surface area contributed by atoms with Crippen molar-refractivity contribution in [2.45, 2.75) is 0 Å². The van der Waals surface area contributed by atoms with Crippen LogP contribution in [-0.2, 0) is 0 Å². The lowest BCUT2D eigenvalue weighted by atomic mass is 10.1. The number of aromatic nitrogens is 1. The first-order chi connectivity index (χ1) is 8.16. The molecule has 1 fully saturated rings. The fraction of sp³-hybridized carbons (Fsp3) is 0.500. The molecule has 1 saturated heterocycles. The van der Waals surface area contributed by atoms with Gasteiger partial charge in [0.15, 0.2) is 5.78 Å². The molecule has 1 aliphatic heterocycles. The number of piperazine rings is 1. The van der Waals surface area contributed by atoms with E-state index in [0.29, 0.717) is 0 Å². The highest BCUT2D eigenvalue weighted by Crippen LogP contribution is 2.07. The highest BCUT2D eigenvalue weighted by atomic mass is 19.1. The highest BCUT2D eigenvalue weighted by molar-refractivity contribution is 5.97. The van der Waals surface area contributed by atoms with Crippen LogP contribution in [0.15, 0.2) is 18.3 Å². The molecule has 0 N–H and O–H groups in total. The number of halogens is 1. The van der Waals surface area contributed by atoms with Gasteiger partial charge in [-0.05, 0) is 19.2 Å². The summed E-state index contributed by atoms with van der Waals surface area (Å²) in [6.45, 7) is 3.87. The van der Waals surface area contributed by atoms with E-state index in [1.807, 2.05) is 0 Å². The van der Waals surface area contributed by atoms with Crippen molar-refractivity contribution in [3.05, 3.63) is 29.8 Å².